The number of amides is 1. The number of nitrogens with one attached hydrogen (secondary N) is 2. The molecule has 0 fully saturated rings. The molecule has 2 N–H and O–H groups in total. The van der Waals surface area contributed by atoms with Crippen molar-refractivity contribution in [2.45, 2.75) is 19.8 Å². The van der Waals surface area contributed by atoms with Gasteiger partial charge in [-0.1, -0.05) is 32.0 Å². The molecule has 3 aromatic rings. The lowest BCUT2D eigenvalue weighted by atomic mass is 10.0. The van der Waals surface area contributed by atoms with Crippen LogP contribution in [0.25, 0.3) is 0 Å². The van der Waals surface area contributed by atoms with Gasteiger partial charge in [0.1, 0.15) is 11.5 Å². The van der Waals surface area contributed by atoms with Crippen molar-refractivity contribution in [3.63, 3.8) is 0 Å². The van der Waals surface area contributed by atoms with Gasteiger partial charge in [0.2, 0.25) is 5.95 Å². The molecule has 1 amide bonds. The molecule has 0 saturated heterocycles. The third kappa shape index (κ3) is 4.22. The summed E-state index contributed by atoms with van der Waals surface area (Å²) in [5.41, 5.74) is 2.69. The van der Waals surface area contributed by atoms with Crippen molar-refractivity contribution in [3.05, 3.63) is 77.9 Å². The van der Waals surface area contributed by atoms with Gasteiger partial charge in [-0.2, -0.15) is 0 Å². The number of para-hydroxylation sites is 1. The van der Waals surface area contributed by atoms with Crippen LogP contribution in [-0.4, -0.2) is 15.9 Å². The van der Waals surface area contributed by atoms with Gasteiger partial charge in [-0.05, 0) is 47.9 Å². The molecule has 0 radical (unpaired) electrons. The standard InChI is InChI=1S/C20H19FN4O/c1-13(2)16-5-3-4-6-17(16)24-19(26)18-11-12-22-20(25-18)23-15-9-7-14(21)8-10-15/h3-13H,1-2H3,(H,24,26)(H,22,23,25). The van der Waals surface area contributed by atoms with Crippen molar-refractivity contribution in [2.75, 3.05) is 10.6 Å². The van der Waals surface area contributed by atoms with Crippen molar-refractivity contribution in [2.24, 2.45) is 0 Å². The normalized spacial score (nSPS) is 10.6. The molecule has 0 unspecified atom stereocenters. The minimum atomic E-state index is -0.326. The highest BCUT2D eigenvalue weighted by Gasteiger charge is 2.13. The number of benzene rings is 2. The van der Waals surface area contributed by atoms with Gasteiger partial charge in [-0.25, -0.2) is 14.4 Å². The second-order valence-corrected chi connectivity index (χ2v) is 6.09. The van der Waals surface area contributed by atoms with Crippen LogP contribution in [0.1, 0.15) is 35.8 Å². The van der Waals surface area contributed by atoms with Crippen molar-refractivity contribution >= 4 is 23.2 Å². The summed E-state index contributed by atoms with van der Waals surface area (Å²) in [6, 6.07) is 15.0. The summed E-state index contributed by atoms with van der Waals surface area (Å²) in [7, 11) is 0. The number of nitrogens with zero attached hydrogens (tertiary/aromatic N) is 2. The highest BCUT2D eigenvalue weighted by molar-refractivity contribution is 6.03. The quantitative estimate of drug-likeness (QED) is 0.698. The van der Waals surface area contributed by atoms with Crippen LogP contribution in [0, 0.1) is 5.82 Å². The molecular formula is C20H19FN4O. The van der Waals surface area contributed by atoms with Crippen molar-refractivity contribution in [3.8, 4) is 0 Å². The number of aromatic nitrogens is 2. The van der Waals surface area contributed by atoms with Crippen molar-refractivity contribution in [1.82, 2.24) is 9.97 Å². The van der Waals surface area contributed by atoms with Gasteiger partial charge in [0.15, 0.2) is 0 Å². The second kappa shape index (κ2) is 7.74. The average molecular weight is 350 g/mol. The summed E-state index contributed by atoms with van der Waals surface area (Å²) < 4.78 is 13.0. The average Bonchev–Trinajstić information content (AvgIpc) is 2.64. The number of rotatable bonds is 5. The van der Waals surface area contributed by atoms with Gasteiger partial charge in [-0.3, -0.25) is 4.79 Å². The Morgan fingerprint density at radius 1 is 1.04 bits per heavy atom. The Labute approximate surface area is 151 Å². The lowest BCUT2D eigenvalue weighted by Crippen LogP contribution is -2.16. The van der Waals surface area contributed by atoms with Gasteiger partial charge < -0.3 is 10.6 Å². The zero-order valence-electron chi connectivity index (χ0n) is 14.5. The van der Waals surface area contributed by atoms with E-state index in [9.17, 15) is 9.18 Å². The lowest BCUT2D eigenvalue weighted by molar-refractivity contribution is 0.102. The largest absolute Gasteiger partial charge is 0.324 e. The number of carbonyl (C=O) groups excluding carboxylic acids is 1. The van der Waals surface area contributed by atoms with Crippen LogP contribution in [0.5, 0.6) is 0 Å². The van der Waals surface area contributed by atoms with Crippen LogP contribution in [0.3, 0.4) is 0 Å². The first-order valence-electron chi connectivity index (χ1n) is 8.29. The Hall–Kier alpha value is -3.28. The van der Waals surface area contributed by atoms with Crippen LogP contribution in [0.15, 0.2) is 60.8 Å². The zero-order chi connectivity index (χ0) is 18.5. The van der Waals surface area contributed by atoms with Crippen LogP contribution in [0.4, 0.5) is 21.7 Å². The molecule has 0 spiro atoms. The molecule has 6 heteroatoms. The topological polar surface area (TPSA) is 66.9 Å². The maximum atomic E-state index is 13.0. The van der Waals surface area contributed by atoms with E-state index in [0.29, 0.717) is 5.69 Å². The van der Waals surface area contributed by atoms with Crippen molar-refractivity contribution in [1.29, 1.82) is 0 Å². The molecule has 5 nitrogen and oxygen atoms in total. The summed E-state index contributed by atoms with van der Waals surface area (Å²) >= 11 is 0. The van der Waals surface area contributed by atoms with Crippen LogP contribution in [0.2, 0.25) is 0 Å². The summed E-state index contributed by atoms with van der Waals surface area (Å²) in [5, 5.41) is 5.85. The van der Waals surface area contributed by atoms with Gasteiger partial charge in [-0.15, -0.1) is 0 Å². The fourth-order valence-corrected chi connectivity index (χ4v) is 2.51. The first kappa shape index (κ1) is 17.5. The number of carbonyl (C=O) groups is 1. The Kier molecular flexibility index (Phi) is 5.22. The third-order valence-electron chi connectivity index (χ3n) is 3.82. The van der Waals surface area contributed by atoms with Gasteiger partial charge >= 0.3 is 0 Å². The first-order chi connectivity index (χ1) is 12.5. The van der Waals surface area contributed by atoms with Crippen LogP contribution in [-0.2, 0) is 0 Å². The fraction of sp³-hybridized carbons (Fsp3) is 0.150. The highest BCUT2D eigenvalue weighted by Crippen LogP contribution is 2.24. The zero-order valence-corrected chi connectivity index (χ0v) is 14.5. The van der Waals surface area contributed by atoms with E-state index in [4.69, 9.17) is 0 Å². The van der Waals surface area contributed by atoms with Gasteiger partial charge in [0.25, 0.3) is 5.91 Å². The Morgan fingerprint density at radius 3 is 2.50 bits per heavy atom. The van der Waals surface area contributed by atoms with Gasteiger partial charge in [0, 0.05) is 17.6 Å². The van der Waals surface area contributed by atoms with Crippen molar-refractivity contribution < 1.29 is 9.18 Å². The minimum Gasteiger partial charge on any atom is -0.324 e. The first-order valence-corrected chi connectivity index (χ1v) is 8.29. The van der Waals surface area contributed by atoms with Gasteiger partial charge in [0.05, 0.1) is 0 Å². The van der Waals surface area contributed by atoms with E-state index in [1.807, 2.05) is 24.3 Å². The van der Waals surface area contributed by atoms with Crippen LogP contribution >= 0.6 is 0 Å². The van der Waals surface area contributed by atoms with E-state index < -0.39 is 0 Å². The fourth-order valence-electron chi connectivity index (χ4n) is 2.51. The van der Waals surface area contributed by atoms with E-state index in [2.05, 4.69) is 34.4 Å². The predicted octanol–water partition coefficient (Wildman–Crippen LogP) is 4.74. The molecule has 1 heterocycles. The SMILES string of the molecule is CC(C)c1ccccc1NC(=O)c1ccnc(Nc2ccc(F)cc2)n1. The van der Waals surface area contributed by atoms with E-state index in [1.54, 1.807) is 18.2 Å². The minimum absolute atomic E-state index is 0.239. The second-order valence-electron chi connectivity index (χ2n) is 6.09. The van der Waals surface area contributed by atoms with Crippen LogP contribution < -0.4 is 10.6 Å². The molecule has 0 saturated carbocycles. The molecule has 132 valence electrons. The molecule has 3 rings (SSSR count). The molecule has 0 aliphatic carbocycles. The Morgan fingerprint density at radius 2 is 1.77 bits per heavy atom. The number of anilines is 3. The van der Waals surface area contributed by atoms with E-state index in [0.717, 1.165) is 11.3 Å². The van der Waals surface area contributed by atoms with E-state index in [-0.39, 0.29) is 29.3 Å². The summed E-state index contributed by atoms with van der Waals surface area (Å²) in [4.78, 5) is 20.9. The Balaban J connectivity index is 1.77. The smallest absolute Gasteiger partial charge is 0.274 e. The molecular weight excluding hydrogens is 331 g/mol. The monoisotopic (exact) mass is 350 g/mol. The summed E-state index contributed by atoms with van der Waals surface area (Å²) in [5.74, 6) is -0.0925. The molecule has 0 atom stereocenters. The lowest BCUT2D eigenvalue weighted by Gasteiger charge is -2.13. The molecule has 26 heavy (non-hydrogen) atoms. The Bertz CT molecular complexity index is 910. The number of hydrogen-bond donors (Lipinski definition) is 2. The molecule has 1 aromatic heterocycles. The summed E-state index contributed by atoms with van der Waals surface area (Å²) in [6.07, 6.45) is 1.50. The molecule has 0 aliphatic rings. The third-order valence-corrected chi connectivity index (χ3v) is 3.82. The number of halogens is 1. The van der Waals surface area contributed by atoms with E-state index >= 15 is 0 Å². The highest BCUT2D eigenvalue weighted by atomic mass is 19.1. The maximum absolute atomic E-state index is 13.0. The molecule has 0 aliphatic heterocycles. The predicted molar refractivity (Wildman–Crippen MR) is 100 cm³/mol. The molecule has 0 bridgehead atoms. The molecule has 2 aromatic carbocycles. The maximum Gasteiger partial charge on any atom is 0.274 e. The number of hydrogen-bond acceptors (Lipinski definition) is 4. The summed E-state index contributed by atoms with van der Waals surface area (Å²) in [6.45, 7) is 4.14. The van der Waals surface area contributed by atoms with E-state index in [1.165, 1.54) is 18.3 Å².